The largest absolute Gasteiger partial charge is 0.481 e. The van der Waals surface area contributed by atoms with Crippen molar-refractivity contribution >= 4 is 17.5 Å². The number of carboxylic acid groups (broad SMARTS) is 1. The molecule has 1 fully saturated rings. The average molecular weight is 265 g/mol. The fraction of sp³-hybridized carbons (Fsp3) is 0.500. The van der Waals surface area contributed by atoms with Gasteiger partial charge in [0.15, 0.2) is 0 Å². The SMILES string of the molecule is Cc1cc([N+](=O)[O-])cnc1N1CCC(C)(C(=O)O)C1. The minimum atomic E-state index is -0.824. The lowest BCUT2D eigenvalue weighted by Crippen LogP contribution is -2.32. The fourth-order valence-electron chi connectivity index (χ4n) is 2.30. The number of hydrogen-bond acceptors (Lipinski definition) is 5. The molecule has 0 bridgehead atoms. The first-order valence-electron chi connectivity index (χ1n) is 5.93. The van der Waals surface area contributed by atoms with Crippen LogP contribution in [0.2, 0.25) is 0 Å². The molecule has 1 aromatic heterocycles. The number of anilines is 1. The number of rotatable bonds is 3. The van der Waals surface area contributed by atoms with E-state index in [1.54, 1.807) is 13.8 Å². The molecule has 1 unspecified atom stereocenters. The van der Waals surface area contributed by atoms with Crippen molar-refractivity contribution in [3.63, 3.8) is 0 Å². The summed E-state index contributed by atoms with van der Waals surface area (Å²) in [6.07, 6.45) is 1.75. The summed E-state index contributed by atoms with van der Waals surface area (Å²) < 4.78 is 0. The number of aryl methyl sites for hydroxylation is 1. The van der Waals surface area contributed by atoms with Crippen LogP contribution in [0.4, 0.5) is 11.5 Å². The second-order valence-corrected chi connectivity index (χ2v) is 5.13. The lowest BCUT2D eigenvalue weighted by molar-refractivity contribution is -0.385. The van der Waals surface area contributed by atoms with E-state index >= 15 is 0 Å². The number of nitro groups is 1. The molecular weight excluding hydrogens is 250 g/mol. The zero-order chi connectivity index (χ0) is 14.2. The first-order valence-corrected chi connectivity index (χ1v) is 5.93. The number of carbonyl (C=O) groups is 1. The molecule has 1 N–H and O–H groups in total. The Kier molecular flexibility index (Phi) is 3.13. The van der Waals surface area contributed by atoms with Gasteiger partial charge < -0.3 is 10.0 Å². The number of pyridine rings is 1. The van der Waals surface area contributed by atoms with Gasteiger partial charge in [-0.3, -0.25) is 14.9 Å². The normalized spacial score (nSPS) is 22.5. The summed E-state index contributed by atoms with van der Waals surface area (Å²) in [6.45, 7) is 4.41. The van der Waals surface area contributed by atoms with Crippen LogP contribution in [0.3, 0.4) is 0 Å². The highest BCUT2D eigenvalue weighted by Gasteiger charge is 2.41. The van der Waals surface area contributed by atoms with Crippen molar-refractivity contribution in [1.82, 2.24) is 4.98 Å². The van der Waals surface area contributed by atoms with Crippen molar-refractivity contribution in [3.8, 4) is 0 Å². The summed E-state index contributed by atoms with van der Waals surface area (Å²) in [6, 6.07) is 1.46. The number of aliphatic carboxylic acids is 1. The van der Waals surface area contributed by atoms with Gasteiger partial charge >= 0.3 is 5.97 Å². The maximum atomic E-state index is 11.2. The molecule has 19 heavy (non-hydrogen) atoms. The lowest BCUT2D eigenvalue weighted by atomic mass is 9.90. The van der Waals surface area contributed by atoms with Gasteiger partial charge in [0.25, 0.3) is 5.69 Å². The van der Waals surface area contributed by atoms with Crippen LogP contribution in [-0.2, 0) is 4.79 Å². The Morgan fingerprint density at radius 3 is 2.79 bits per heavy atom. The maximum absolute atomic E-state index is 11.2. The van der Waals surface area contributed by atoms with Gasteiger partial charge in [-0.25, -0.2) is 4.98 Å². The van der Waals surface area contributed by atoms with E-state index in [9.17, 15) is 20.0 Å². The second-order valence-electron chi connectivity index (χ2n) is 5.13. The number of nitrogens with zero attached hydrogens (tertiary/aromatic N) is 3. The molecule has 0 aliphatic carbocycles. The summed E-state index contributed by atoms with van der Waals surface area (Å²) in [5.74, 6) is -0.204. The lowest BCUT2D eigenvalue weighted by Gasteiger charge is -2.22. The van der Waals surface area contributed by atoms with Crippen LogP contribution < -0.4 is 4.90 Å². The summed E-state index contributed by atoms with van der Waals surface area (Å²) in [5.41, 5.74) is -0.152. The van der Waals surface area contributed by atoms with Crippen LogP contribution in [0.5, 0.6) is 0 Å². The maximum Gasteiger partial charge on any atom is 0.311 e. The van der Waals surface area contributed by atoms with Gasteiger partial charge in [-0.15, -0.1) is 0 Å². The van der Waals surface area contributed by atoms with Crippen LogP contribution >= 0.6 is 0 Å². The first kappa shape index (κ1) is 13.3. The van der Waals surface area contributed by atoms with Gasteiger partial charge in [-0.1, -0.05) is 0 Å². The van der Waals surface area contributed by atoms with E-state index in [-0.39, 0.29) is 5.69 Å². The monoisotopic (exact) mass is 265 g/mol. The average Bonchev–Trinajstić information content (AvgIpc) is 2.73. The van der Waals surface area contributed by atoms with Crippen molar-refractivity contribution in [1.29, 1.82) is 0 Å². The molecule has 1 atom stereocenters. The highest BCUT2D eigenvalue weighted by molar-refractivity contribution is 5.76. The molecule has 0 spiro atoms. The molecular formula is C12H15N3O4. The third-order valence-electron chi connectivity index (χ3n) is 3.54. The van der Waals surface area contributed by atoms with Gasteiger partial charge in [0.05, 0.1) is 10.3 Å². The third-order valence-corrected chi connectivity index (χ3v) is 3.54. The predicted molar refractivity (Wildman–Crippen MR) is 68.2 cm³/mol. The minimum Gasteiger partial charge on any atom is -0.481 e. The summed E-state index contributed by atoms with van der Waals surface area (Å²) >= 11 is 0. The summed E-state index contributed by atoms with van der Waals surface area (Å²) in [5, 5.41) is 19.8. The Hall–Kier alpha value is -2.18. The third kappa shape index (κ3) is 2.35. The molecule has 0 saturated carbocycles. The topological polar surface area (TPSA) is 96.6 Å². The van der Waals surface area contributed by atoms with Crippen LogP contribution in [-0.4, -0.2) is 34.1 Å². The molecule has 1 aromatic rings. The number of carboxylic acids is 1. The van der Waals surface area contributed by atoms with Gasteiger partial charge in [0.1, 0.15) is 12.0 Å². The van der Waals surface area contributed by atoms with Crippen molar-refractivity contribution < 1.29 is 14.8 Å². The van der Waals surface area contributed by atoms with E-state index in [0.717, 1.165) is 0 Å². The quantitative estimate of drug-likeness (QED) is 0.658. The Bertz CT molecular complexity index is 546. The van der Waals surface area contributed by atoms with Crippen LogP contribution in [0.15, 0.2) is 12.3 Å². The van der Waals surface area contributed by atoms with Crippen molar-refractivity contribution in [2.75, 3.05) is 18.0 Å². The van der Waals surface area contributed by atoms with Crippen molar-refractivity contribution in [3.05, 3.63) is 27.9 Å². The Morgan fingerprint density at radius 1 is 1.63 bits per heavy atom. The second kappa shape index (κ2) is 4.49. The van der Waals surface area contributed by atoms with Crippen LogP contribution in [0, 0.1) is 22.5 Å². The molecule has 1 aliphatic rings. The fourth-order valence-corrected chi connectivity index (χ4v) is 2.30. The van der Waals surface area contributed by atoms with Gasteiger partial charge in [0.2, 0.25) is 0 Å². The highest BCUT2D eigenvalue weighted by Crippen LogP contribution is 2.34. The molecule has 1 saturated heterocycles. The molecule has 7 heteroatoms. The smallest absolute Gasteiger partial charge is 0.311 e. The molecule has 2 heterocycles. The molecule has 0 amide bonds. The molecule has 102 valence electrons. The van der Waals surface area contributed by atoms with Crippen molar-refractivity contribution in [2.45, 2.75) is 20.3 Å². The van der Waals surface area contributed by atoms with Gasteiger partial charge in [0, 0.05) is 19.2 Å². The Labute approximate surface area is 110 Å². The molecule has 0 aromatic carbocycles. The molecule has 0 radical (unpaired) electrons. The molecule has 2 rings (SSSR count). The van der Waals surface area contributed by atoms with E-state index in [2.05, 4.69) is 4.98 Å². The van der Waals surface area contributed by atoms with E-state index < -0.39 is 16.3 Å². The standard InChI is InChI=1S/C12H15N3O4/c1-8-5-9(15(18)19)6-13-10(8)14-4-3-12(2,7-14)11(16)17/h5-6H,3-4,7H2,1-2H3,(H,16,17). The van der Waals surface area contributed by atoms with Crippen LogP contribution in [0.25, 0.3) is 0 Å². The zero-order valence-corrected chi connectivity index (χ0v) is 10.8. The van der Waals surface area contributed by atoms with Crippen LogP contribution in [0.1, 0.15) is 18.9 Å². The highest BCUT2D eigenvalue weighted by atomic mass is 16.6. The summed E-state index contributed by atoms with van der Waals surface area (Å²) in [4.78, 5) is 27.3. The van der Waals surface area contributed by atoms with Crippen molar-refractivity contribution in [2.24, 2.45) is 5.41 Å². The predicted octanol–water partition coefficient (Wildman–Crippen LogP) is 1.60. The first-order chi connectivity index (χ1) is 8.83. The van der Waals surface area contributed by atoms with Gasteiger partial charge in [-0.2, -0.15) is 0 Å². The molecule has 7 nitrogen and oxygen atoms in total. The molecule has 1 aliphatic heterocycles. The van der Waals surface area contributed by atoms with E-state index in [1.807, 2.05) is 4.90 Å². The number of aromatic nitrogens is 1. The van der Waals surface area contributed by atoms with E-state index in [4.69, 9.17) is 0 Å². The summed E-state index contributed by atoms with van der Waals surface area (Å²) in [7, 11) is 0. The van der Waals surface area contributed by atoms with Gasteiger partial charge in [-0.05, 0) is 25.8 Å². The zero-order valence-electron chi connectivity index (χ0n) is 10.8. The van der Waals surface area contributed by atoms with E-state index in [0.29, 0.717) is 30.9 Å². The Morgan fingerprint density at radius 2 is 2.32 bits per heavy atom. The minimum absolute atomic E-state index is 0.0542. The Balaban J connectivity index is 2.25. The number of hydrogen-bond donors (Lipinski definition) is 1. The van der Waals surface area contributed by atoms with E-state index in [1.165, 1.54) is 12.3 Å².